The van der Waals surface area contributed by atoms with Crippen molar-refractivity contribution in [3.05, 3.63) is 52.8 Å². The highest BCUT2D eigenvalue weighted by Gasteiger charge is 2.20. The zero-order chi connectivity index (χ0) is 19.8. The summed E-state index contributed by atoms with van der Waals surface area (Å²) >= 11 is 0. The molecule has 0 radical (unpaired) electrons. The topological polar surface area (TPSA) is 96.8 Å². The van der Waals surface area contributed by atoms with Gasteiger partial charge in [-0.15, -0.1) is 0 Å². The maximum Gasteiger partial charge on any atom is 0.193 e. The molecule has 0 spiro atoms. The molecular weight excluding hydrogens is 360 g/mol. The van der Waals surface area contributed by atoms with E-state index in [-0.39, 0.29) is 5.43 Å². The minimum atomic E-state index is -0.222. The summed E-state index contributed by atoms with van der Waals surface area (Å²) in [7, 11) is 4.65. The second-order valence-corrected chi connectivity index (χ2v) is 6.13. The molecule has 4 aromatic rings. The number of benzene rings is 2. The maximum absolute atomic E-state index is 12.9. The number of pyridine rings is 1. The Kier molecular flexibility index (Phi) is 4.27. The van der Waals surface area contributed by atoms with E-state index in [9.17, 15) is 4.79 Å². The summed E-state index contributed by atoms with van der Waals surface area (Å²) in [5.41, 5.74) is 6.87. The Morgan fingerprint density at radius 3 is 2.18 bits per heavy atom. The van der Waals surface area contributed by atoms with Gasteiger partial charge in [0, 0.05) is 6.07 Å². The Labute approximate surface area is 160 Å². The third-order valence-corrected chi connectivity index (χ3v) is 4.56. The molecule has 2 heterocycles. The minimum absolute atomic E-state index is 0.222. The summed E-state index contributed by atoms with van der Waals surface area (Å²) in [5.74, 6) is 1.93. The summed E-state index contributed by atoms with van der Waals surface area (Å²) in [6.45, 7) is 0. The molecule has 0 amide bonds. The van der Waals surface area contributed by atoms with Crippen molar-refractivity contribution in [3.8, 4) is 28.7 Å². The highest BCUT2D eigenvalue weighted by atomic mass is 16.5. The van der Waals surface area contributed by atoms with Crippen molar-refractivity contribution >= 4 is 27.4 Å². The lowest BCUT2D eigenvalue weighted by Crippen LogP contribution is -2.03. The number of anilines is 1. The number of nitrogens with zero attached hydrogens (tertiary/aromatic N) is 1. The molecule has 28 heavy (non-hydrogen) atoms. The van der Waals surface area contributed by atoms with Crippen LogP contribution in [0, 0.1) is 0 Å². The van der Waals surface area contributed by atoms with Crippen LogP contribution in [0.2, 0.25) is 0 Å². The Bertz CT molecular complexity index is 1250. The average molecular weight is 378 g/mol. The first kappa shape index (κ1) is 17.7. The van der Waals surface area contributed by atoms with E-state index in [1.165, 1.54) is 19.4 Å². The highest BCUT2D eigenvalue weighted by molar-refractivity contribution is 6.13. The molecule has 142 valence electrons. The number of hydrogen-bond acceptors (Lipinski definition) is 7. The molecule has 0 unspecified atom stereocenters. The molecule has 0 bridgehead atoms. The fourth-order valence-electron chi connectivity index (χ4n) is 3.24. The van der Waals surface area contributed by atoms with Crippen LogP contribution in [-0.4, -0.2) is 26.3 Å². The minimum Gasteiger partial charge on any atom is -0.496 e. The Morgan fingerprint density at radius 2 is 1.57 bits per heavy atom. The molecule has 0 saturated carbocycles. The summed E-state index contributed by atoms with van der Waals surface area (Å²) in [5, 5.41) is 1.61. The molecule has 0 aliphatic rings. The van der Waals surface area contributed by atoms with Gasteiger partial charge in [-0.2, -0.15) is 0 Å². The second-order valence-electron chi connectivity index (χ2n) is 6.13. The Hall–Kier alpha value is -3.74. The quantitative estimate of drug-likeness (QED) is 0.542. The van der Waals surface area contributed by atoms with E-state index in [0.717, 1.165) is 0 Å². The third kappa shape index (κ3) is 2.68. The van der Waals surface area contributed by atoms with Crippen LogP contribution in [0.15, 0.2) is 51.8 Å². The Morgan fingerprint density at radius 1 is 0.893 bits per heavy atom. The van der Waals surface area contributed by atoms with E-state index < -0.39 is 0 Å². The van der Waals surface area contributed by atoms with Gasteiger partial charge in [0.25, 0.3) is 0 Å². The van der Waals surface area contributed by atoms with Crippen LogP contribution in [0.5, 0.6) is 17.2 Å². The molecule has 2 aromatic heterocycles. The number of methoxy groups -OCH3 is 3. The Balaban J connectivity index is 2.17. The normalized spacial score (nSPS) is 11.0. The van der Waals surface area contributed by atoms with E-state index in [1.54, 1.807) is 44.6 Å². The van der Waals surface area contributed by atoms with Gasteiger partial charge in [-0.05, 0) is 30.3 Å². The van der Waals surface area contributed by atoms with Crippen LogP contribution in [-0.2, 0) is 0 Å². The van der Waals surface area contributed by atoms with Gasteiger partial charge < -0.3 is 24.4 Å². The molecule has 0 saturated heterocycles. The highest BCUT2D eigenvalue weighted by Crippen LogP contribution is 2.43. The van der Waals surface area contributed by atoms with Crippen LogP contribution >= 0.6 is 0 Å². The number of rotatable bonds is 4. The second kappa shape index (κ2) is 6.77. The largest absolute Gasteiger partial charge is 0.496 e. The van der Waals surface area contributed by atoms with Gasteiger partial charge in [0.2, 0.25) is 0 Å². The SMILES string of the molecule is COc1ccc(OC)c2c1c(OC)cc1c(=O)cc(-c3ccc(N)cn3)oc12. The van der Waals surface area contributed by atoms with Crippen LogP contribution in [0.1, 0.15) is 0 Å². The van der Waals surface area contributed by atoms with Crippen LogP contribution < -0.4 is 25.4 Å². The standard InChI is InChI=1S/C21H18N2O5/c1-25-15-6-7-16(26-2)20-19(15)18(27-3)8-12-14(24)9-17(28-21(12)20)13-5-4-11(22)10-23-13/h4-10H,22H2,1-3H3. The molecule has 2 N–H and O–H groups in total. The van der Waals surface area contributed by atoms with Gasteiger partial charge in [0.15, 0.2) is 16.8 Å². The number of nitrogen functional groups attached to an aromatic ring is 1. The first-order valence-electron chi connectivity index (χ1n) is 8.48. The van der Waals surface area contributed by atoms with Crippen LogP contribution in [0.3, 0.4) is 0 Å². The van der Waals surface area contributed by atoms with Crippen molar-refractivity contribution in [1.29, 1.82) is 0 Å². The van der Waals surface area contributed by atoms with Gasteiger partial charge in [0.05, 0.1) is 49.4 Å². The molecule has 0 fully saturated rings. The van der Waals surface area contributed by atoms with E-state index in [0.29, 0.717) is 56.1 Å². The van der Waals surface area contributed by atoms with Crippen LogP contribution in [0.25, 0.3) is 33.2 Å². The van der Waals surface area contributed by atoms with E-state index in [1.807, 2.05) is 0 Å². The third-order valence-electron chi connectivity index (χ3n) is 4.56. The number of aromatic nitrogens is 1. The fraction of sp³-hybridized carbons (Fsp3) is 0.143. The number of ether oxygens (including phenoxy) is 3. The van der Waals surface area contributed by atoms with Gasteiger partial charge in [0.1, 0.15) is 22.9 Å². The average Bonchev–Trinajstić information content (AvgIpc) is 2.72. The molecule has 0 aliphatic carbocycles. The molecule has 2 aromatic carbocycles. The zero-order valence-corrected chi connectivity index (χ0v) is 15.6. The number of hydrogen-bond donors (Lipinski definition) is 1. The van der Waals surface area contributed by atoms with E-state index >= 15 is 0 Å². The zero-order valence-electron chi connectivity index (χ0n) is 15.6. The first-order valence-corrected chi connectivity index (χ1v) is 8.48. The molecule has 0 atom stereocenters. The molecule has 7 heteroatoms. The first-order chi connectivity index (χ1) is 13.6. The molecule has 7 nitrogen and oxygen atoms in total. The lowest BCUT2D eigenvalue weighted by atomic mass is 10.0. The smallest absolute Gasteiger partial charge is 0.193 e. The summed E-state index contributed by atoms with van der Waals surface area (Å²) in [6, 6.07) is 9.98. The summed E-state index contributed by atoms with van der Waals surface area (Å²) in [4.78, 5) is 17.1. The van der Waals surface area contributed by atoms with Crippen molar-refractivity contribution < 1.29 is 18.6 Å². The monoisotopic (exact) mass is 378 g/mol. The maximum atomic E-state index is 12.9. The predicted molar refractivity (Wildman–Crippen MR) is 107 cm³/mol. The molecule has 0 aliphatic heterocycles. The van der Waals surface area contributed by atoms with Crippen molar-refractivity contribution in [3.63, 3.8) is 0 Å². The van der Waals surface area contributed by atoms with Crippen molar-refractivity contribution in [2.24, 2.45) is 0 Å². The van der Waals surface area contributed by atoms with E-state index in [4.69, 9.17) is 24.4 Å². The van der Waals surface area contributed by atoms with Crippen molar-refractivity contribution in [1.82, 2.24) is 4.98 Å². The predicted octanol–water partition coefficient (Wildman–Crippen LogP) is 3.62. The van der Waals surface area contributed by atoms with Gasteiger partial charge >= 0.3 is 0 Å². The summed E-state index contributed by atoms with van der Waals surface area (Å²) < 4.78 is 22.7. The molecular formula is C21H18N2O5. The summed E-state index contributed by atoms with van der Waals surface area (Å²) in [6.07, 6.45) is 1.51. The van der Waals surface area contributed by atoms with Gasteiger partial charge in [-0.1, -0.05) is 0 Å². The van der Waals surface area contributed by atoms with Gasteiger partial charge in [-0.3, -0.25) is 9.78 Å². The molecule has 4 rings (SSSR count). The fourth-order valence-corrected chi connectivity index (χ4v) is 3.24. The van der Waals surface area contributed by atoms with Crippen molar-refractivity contribution in [2.45, 2.75) is 0 Å². The van der Waals surface area contributed by atoms with Gasteiger partial charge in [-0.25, -0.2) is 0 Å². The lowest BCUT2D eigenvalue weighted by molar-refractivity contribution is 0.400. The van der Waals surface area contributed by atoms with E-state index in [2.05, 4.69) is 4.98 Å². The number of fused-ring (bicyclic) bond motifs is 3. The lowest BCUT2D eigenvalue weighted by Gasteiger charge is -2.15. The van der Waals surface area contributed by atoms with Crippen LogP contribution in [0.4, 0.5) is 5.69 Å². The number of nitrogens with two attached hydrogens (primary N) is 1. The van der Waals surface area contributed by atoms with Crippen molar-refractivity contribution in [2.75, 3.05) is 27.1 Å².